The molecular formula is C13H19ClN2O2. The zero-order chi connectivity index (χ0) is 13.7. The van der Waals surface area contributed by atoms with E-state index < -0.39 is 6.04 Å². The Morgan fingerprint density at radius 3 is 2.78 bits per heavy atom. The van der Waals surface area contributed by atoms with Crippen molar-refractivity contribution in [3.8, 4) is 5.75 Å². The maximum atomic E-state index is 11.9. The Kier molecular flexibility index (Phi) is 5.44. The van der Waals surface area contributed by atoms with Gasteiger partial charge in [-0.05, 0) is 18.1 Å². The maximum Gasteiger partial charge on any atom is 0.241 e. The van der Waals surface area contributed by atoms with Gasteiger partial charge in [0, 0.05) is 11.8 Å². The summed E-state index contributed by atoms with van der Waals surface area (Å²) in [6.07, 6.45) is 0.860. The number of carbonyl (C=O) groups is 1. The number of hydrogen-bond donors (Lipinski definition) is 2. The molecule has 5 heteroatoms. The smallest absolute Gasteiger partial charge is 0.241 e. The van der Waals surface area contributed by atoms with E-state index in [0.29, 0.717) is 16.5 Å². The lowest BCUT2D eigenvalue weighted by Crippen LogP contribution is -2.40. The Bertz CT molecular complexity index is 423. The summed E-state index contributed by atoms with van der Waals surface area (Å²) in [7, 11) is 1.53. The van der Waals surface area contributed by atoms with Gasteiger partial charge in [0.1, 0.15) is 5.75 Å². The average Bonchev–Trinajstić information content (AvgIpc) is 2.38. The predicted molar refractivity (Wildman–Crippen MR) is 74.1 cm³/mol. The molecule has 1 aromatic carbocycles. The van der Waals surface area contributed by atoms with Gasteiger partial charge in [-0.2, -0.15) is 0 Å². The van der Waals surface area contributed by atoms with Crippen molar-refractivity contribution in [2.24, 2.45) is 11.7 Å². The molecule has 0 saturated heterocycles. The van der Waals surface area contributed by atoms with E-state index in [-0.39, 0.29) is 11.8 Å². The lowest BCUT2D eigenvalue weighted by atomic mass is 9.99. The lowest BCUT2D eigenvalue weighted by molar-refractivity contribution is -0.118. The zero-order valence-electron chi connectivity index (χ0n) is 10.9. The first-order valence-corrected chi connectivity index (χ1v) is 6.27. The summed E-state index contributed by atoms with van der Waals surface area (Å²) in [6, 6.07) is 4.54. The fourth-order valence-electron chi connectivity index (χ4n) is 1.48. The second-order valence-electron chi connectivity index (χ2n) is 4.25. The first-order valence-electron chi connectivity index (χ1n) is 5.89. The Labute approximate surface area is 112 Å². The quantitative estimate of drug-likeness (QED) is 0.865. The molecule has 3 N–H and O–H groups in total. The summed E-state index contributed by atoms with van der Waals surface area (Å²) in [4.78, 5) is 11.9. The number of ether oxygens (including phenoxy) is 1. The number of methoxy groups -OCH3 is 1. The molecule has 1 amide bonds. The highest BCUT2D eigenvalue weighted by Gasteiger charge is 2.19. The largest absolute Gasteiger partial charge is 0.495 e. The molecule has 0 saturated carbocycles. The highest BCUT2D eigenvalue weighted by atomic mass is 35.5. The minimum atomic E-state index is -0.517. The van der Waals surface area contributed by atoms with E-state index in [2.05, 4.69) is 5.32 Å². The zero-order valence-corrected chi connectivity index (χ0v) is 11.6. The molecule has 0 spiro atoms. The molecule has 100 valence electrons. The van der Waals surface area contributed by atoms with E-state index in [4.69, 9.17) is 22.1 Å². The van der Waals surface area contributed by atoms with Crippen molar-refractivity contribution < 1.29 is 9.53 Å². The van der Waals surface area contributed by atoms with Crippen LogP contribution in [0.2, 0.25) is 5.02 Å². The number of nitrogens with two attached hydrogens (primary N) is 1. The second kappa shape index (κ2) is 6.61. The molecule has 0 heterocycles. The molecule has 1 aromatic rings. The Balaban J connectivity index is 2.76. The third-order valence-electron chi connectivity index (χ3n) is 2.98. The van der Waals surface area contributed by atoms with E-state index in [1.54, 1.807) is 18.2 Å². The molecule has 18 heavy (non-hydrogen) atoms. The first kappa shape index (κ1) is 14.8. The van der Waals surface area contributed by atoms with E-state index in [1.807, 2.05) is 13.8 Å². The summed E-state index contributed by atoms with van der Waals surface area (Å²) >= 11 is 5.91. The van der Waals surface area contributed by atoms with Gasteiger partial charge in [-0.25, -0.2) is 0 Å². The van der Waals surface area contributed by atoms with Crippen molar-refractivity contribution >= 4 is 23.2 Å². The van der Waals surface area contributed by atoms with Gasteiger partial charge >= 0.3 is 0 Å². The Hall–Kier alpha value is -1.26. The highest BCUT2D eigenvalue weighted by Crippen LogP contribution is 2.27. The third-order valence-corrected chi connectivity index (χ3v) is 3.29. The molecule has 0 aliphatic carbocycles. The van der Waals surface area contributed by atoms with E-state index in [1.165, 1.54) is 7.11 Å². The number of carbonyl (C=O) groups excluding carboxylic acids is 1. The molecule has 1 rings (SSSR count). The molecule has 0 radical (unpaired) electrons. The highest BCUT2D eigenvalue weighted by molar-refractivity contribution is 6.32. The van der Waals surface area contributed by atoms with Crippen molar-refractivity contribution in [3.63, 3.8) is 0 Å². The van der Waals surface area contributed by atoms with Gasteiger partial charge in [-0.15, -0.1) is 0 Å². The SMILES string of the molecule is CC[C@H](C)[C@H](N)C(=O)Nc1ccc(Cl)c(OC)c1. The van der Waals surface area contributed by atoms with Crippen LogP contribution >= 0.6 is 11.6 Å². The van der Waals surface area contributed by atoms with Gasteiger partial charge < -0.3 is 15.8 Å². The fourth-order valence-corrected chi connectivity index (χ4v) is 1.67. The number of amides is 1. The van der Waals surface area contributed by atoms with Gasteiger partial charge in [0.15, 0.2) is 0 Å². The average molecular weight is 271 g/mol. The van der Waals surface area contributed by atoms with Crippen molar-refractivity contribution in [2.75, 3.05) is 12.4 Å². The first-order chi connectivity index (χ1) is 8.49. The van der Waals surface area contributed by atoms with Crippen LogP contribution in [0.25, 0.3) is 0 Å². The molecule has 4 nitrogen and oxygen atoms in total. The normalized spacial score (nSPS) is 13.8. The summed E-state index contributed by atoms with van der Waals surface area (Å²) in [6.45, 7) is 3.95. The summed E-state index contributed by atoms with van der Waals surface area (Å²) in [5.41, 5.74) is 6.48. The van der Waals surface area contributed by atoms with Crippen molar-refractivity contribution in [1.29, 1.82) is 0 Å². The molecule has 2 atom stereocenters. The van der Waals surface area contributed by atoms with Crippen LogP contribution in [0.1, 0.15) is 20.3 Å². The minimum Gasteiger partial charge on any atom is -0.495 e. The van der Waals surface area contributed by atoms with Gasteiger partial charge in [0.2, 0.25) is 5.91 Å². The molecular weight excluding hydrogens is 252 g/mol. The number of benzene rings is 1. The predicted octanol–water partition coefficient (Wildman–Crippen LogP) is 2.66. The van der Waals surface area contributed by atoms with Gasteiger partial charge in [-0.3, -0.25) is 4.79 Å². The van der Waals surface area contributed by atoms with Gasteiger partial charge in [-0.1, -0.05) is 31.9 Å². The van der Waals surface area contributed by atoms with Crippen LogP contribution in [0.3, 0.4) is 0 Å². The van der Waals surface area contributed by atoms with Crippen LogP contribution in [0.4, 0.5) is 5.69 Å². The molecule has 0 unspecified atom stereocenters. The topological polar surface area (TPSA) is 64.4 Å². The van der Waals surface area contributed by atoms with Crippen LogP contribution in [-0.4, -0.2) is 19.1 Å². The van der Waals surface area contributed by atoms with Crippen LogP contribution in [-0.2, 0) is 4.79 Å². The van der Waals surface area contributed by atoms with Gasteiger partial charge in [0.05, 0.1) is 18.2 Å². The molecule has 0 aromatic heterocycles. The summed E-state index contributed by atoms with van der Waals surface area (Å²) < 4.78 is 5.08. The summed E-state index contributed by atoms with van der Waals surface area (Å²) in [5, 5.41) is 3.26. The Morgan fingerprint density at radius 1 is 1.56 bits per heavy atom. The minimum absolute atomic E-state index is 0.138. The Morgan fingerprint density at radius 2 is 2.22 bits per heavy atom. The van der Waals surface area contributed by atoms with Crippen LogP contribution in [0.5, 0.6) is 5.75 Å². The molecule has 0 aliphatic rings. The van der Waals surface area contributed by atoms with Crippen LogP contribution in [0.15, 0.2) is 18.2 Å². The number of hydrogen-bond acceptors (Lipinski definition) is 3. The monoisotopic (exact) mass is 270 g/mol. The molecule has 0 fully saturated rings. The number of rotatable bonds is 5. The maximum absolute atomic E-state index is 11.9. The van der Waals surface area contributed by atoms with Gasteiger partial charge in [0.25, 0.3) is 0 Å². The number of halogens is 1. The standard InChI is InChI=1S/C13H19ClN2O2/c1-4-8(2)12(15)13(17)16-9-5-6-10(14)11(7-9)18-3/h5-8,12H,4,15H2,1-3H3,(H,16,17)/t8-,12-/m0/s1. The third kappa shape index (κ3) is 3.62. The van der Waals surface area contributed by atoms with Crippen molar-refractivity contribution in [1.82, 2.24) is 0 Å². The van der Waals surface area contributed by atoms with Crippen LogP contribution < -0.4 is 15.8 Å². The molecule has 0 aliphatic heterocycles. The van der Waals surface area contributed by atoms with E-state index in [0.717, 1.165) is 6.42 Å². The van der Waals surface area contributed by atoms with Crippen molar-refractivity contribution in [3.05, 3.63) is 23.2 Å². The number of anilines is 1. The fraction of sp³-hybridized carbons (Fsp3) is 0.462. The van der Waals surface area contributed by atoms with E-state index in [9.17, 15) is 4.79 Å². The summed E-state index contributed by atoms with van der Waals surface area (Å²) in [5.74, 6) is 0.458. The lowest BCUT2D eigenvalue weighted by Gasteiger charge is -2.18. The van der Waals surface area contributed by atoms with E-state index >= 15 is 0 Å². The van der Waals surface area contributed by atoms with Crippen molar-refractivity contribution in [2.45, 2.75) is 26.3 Å². The second-order valence-corrected chi connectivity index (χ2v) is 4.66. The van der Waals surface area contributed by atoms with Crippen LogP contribution in [0, 0.1) is 5.92 Å². The number of nitrogens with one attached hydrogen (secondary N) is 1. The molecule has 0 bridgehead atoms.